The van der Waals surface area contributed by atoms with Gasteiger partial charge in [-0.3, -0.25) is 4.79 Å². The second-order valence-electron chi connectivity index (χ2n) is 3.77. The summed E-state index contributed by atoms with van der Waals surface area (Å²) in [6.45, 7) is 1.72. The van der Waals surface area contributed by atoms with Gasteiger partial charge in [-0.15, -0.1) is 0 Å². The zero-order valence-electron chi connectivity index (χ0n) is 9.45. The highest BCUT2D eigenvalue weighted by molar-refractivity contribution is 6.30. The van der Waals surface area contributed by atoms with Crippen molar-refractivity contribution in [3.8, 4) is 11.8 Å². The van der Waals surface area contributed by atoms with Gasteiger partial charge in [0.25, 0.3) is 0 Å². The van der Waals surface area contributed by atoms with E-state index in [2.05, 4.69) is 0 Å². The van der Waals surface area contributed by atoms with Crippen LogP contribution in [-0.2, 0) is 0 Å². The van der Waals surface area contributed by atoms with Gasteiger partial charge in [-0.2, -0.15) is 5.26 Å². The number of aromatic nitrogens is 1. The maximum atomic E-state index is 13.1. The number of halogens is 2. The summed E-state index contributed by atoms with van der Waals surface area (Å²) in [4.78, 5) is 11.5. The molecule has 0 atom stereocenters. The van der Waals surface area contributed by atoms with Gasteiger partial charge >= 0.3 is 0 Å². The molecule has 2 aromatic rings. The number of hydrogen-bond donors (Lipinski definition) is 0. The van der Waals surface area contributed by atoms with E-state index < -0.39 is 5.82 Å². The number of nitriles is 1. The summed E-state index contributed by atoms with van der Waals surface area (Å²) >= 11 is 5.71. The third kappa shape index (κ3) is 2.13. The average Bonchev–Trinajstić information content (AvgIpc) is 2.33. The van der Waals surface area contributed by atoms with Gasteiger partial charge in [0.05, 0.1) is 5.02 Å². The van der Waals surface area contributed by atoms with Crippen LogP contribution in [0.2, 0.25) is 5.02 Å². The molecule has 0 amide bonds. The van der Waals surface area contributed by atoms with Crippen molar-refractivity contribution in [2.45, 2.75) is 6.92 Å². The minimum atomic E-state index is -0.514. The molecule has 5 heteroatoms. The maximum absolute atomic E-state index is 13.1. The van der Waals surface area contributed by atoms with Crippen LogP contribution in [0.25, 0.3) is 5.69 Å². The van der Waals surface area contributed by atoms with E-state index in [1.807, 2.05) is 6.07 Å². The monoisotopic (exact) mass is 262 g/mol. The van der Waals surface area contributed by atoms with Gasteiger partial charge in [0.15, 0.2) is 5.43 Å². The first-order valence-corrected chi connectivity index (χ1v) is 5.49. The molecular weight excluding hydrogens is 255 g/mol. The third-order valence-corrected chi connectivity index (χ3v) is 2.84. The summed E-state index contributed by atoms with van der Waals surface area (Å²) in [5, 5.41) is 8.82. The Morgan fingerprint density at radius 1 is 1.39 bits per heavy atom. The molecule has 3 nitrogen and oxygen atoms in total. The van der Waals surface area contributed by atoms with Crippen LogP contribution in [0.1, 0.15) is 11.3 Å². The van der Waals surface area contributed by atoms with Gasteiger partial charge in [-0.25, -0.2) is 4.39 Å². The first-order valence-electron chi connectivity index (χ1n) is 5.12. The van der Waals surface area contributed by atoms with E-state index in [1.165, 1.54) is 30.5 Å². The lowest BCUT2D eigenvalue weighted by molar-refractivity contribution is 0.627. The van der Waals surface area contributed by atoms with Gasteiger partial charge < -0.3 is 4.57 Å². The van der Waals surface area contributed by atoms with E-state index in [4.69, 9.17) is 16.9 Å². The smallest absolute Gasteiger partial charge is 0.199 e. The fraction of sp³-hybridized carbons (Fsp3) is 0.0769. The summed E-state index contributed by atoms with van der Waals surface area (Å²) < 4.78 is 14.7. The van der Waals surface area contributed by atoms with E-state index in [1.54, 1.807) is 11.5 Å². The molecule has 2 rings (SSSR count). The normalized spacial score (nSPS) is 10.1. The number of aryl methyl sites for hydroxylation is 1. The highest BCUT2D eigenvalue weighted by Crippen LogP contribution is 2.19. The van der Waals surface area contributed by atoms with Crippen molar-refractivity contribution in [1.82, 2.24) is 4.57 Å². The highest BCUT2D eigenvalue weighted by atomic mass is 35.5. The first-order chi connectivity index (χ1) is 8.52. The Kier molecular flexibility index (Phi) is 3.17. The van der Waals surface area contributed by atoms with Crippen molar-refractivity contribution < 1.29 is 4.39 Å². The Bertz CT molecular complexity index is 716. The van der Waals surface area contributed by atoms with E-state index in [0.717, 1.165) is 0 Å². The van der Waals surface area contributed by atoms with Gasteiger partial charge in [-0.1, -0.05) is 11.6 Å². The van der Waals surface area contributed by atoms with Crippen LogP contribution in [0.3, 0.4) is 0 Å². The van der Waals surface area contributed by atoms with Gasteiger partial charge in [0.1, 0.15) is 17.4 Å². The van der Waals surface area contributed by atoms with Crippen molar-refractivity contribution >= 4 is 11.6 Å². The molecule has 1 aromatic carbocycles. The standard InChI is InChI=1S/C13H8ClFN2O/c1-8-4-13(18)9(6-16)7-17(8)10-2-3-12(15)11(14)5-10/h2-5,7H,1H3. The van der Waals surface area contributed by atoms with Crippen molar-refractivity contribution in [3.63, 3.8) is 0 Å². The Morgan fingerprint density at radius 2 is 2.11 bits per heavy atom. The molecule has 1 aromatic heterocycles. The summed E-state index contributed by atoms with van der Waals surface area (Å²) in [5.74, 6) is -0.514. The fourth-order valence-electron chi connectivity index (χ4n) is 1.63. The molecule has 1 heterocycles. The lowest BCUT2D eigenvalue weighted by atomic mass is 10.2. The first kappa shape index (κ1) is 12.3. The number of benzene rings is 1. The van der Waals surface area contributed by atoms with Gasteiger partial charge in [-0.05, 0) is 25.1 Å². The molecule has 0 saturated heterocycles. The number of rotatable bonds is 1. The van der Waals surface area contributed by atoms with Gasteiger partial charge in [0.2, 0.25) is 0 Å². The summed E-state index contributed by atoms with van der Waals surface area (Å²) in [6, 6.07) is 7.38. The summed E-state index contributed by atoms with van der Waals surface area (Å²) in [6.07, 6.45) is 1.42. The SMILES string of the molecule is Cc1cc(=O)c(C#N)cn1-c1ccc(F)c(Cl)c1. The second kappa shape index (κ2) is 4.63. The summed E-state index contributed by atoms with van der Waals surface area (Å²) in [7, 11) is 0. The average molecular weight is 263 g/mol. The molecule has 18 heavy (non-hydrogen) atoms. The maximum Gasteiger partial charge on any atom is 0.199 e. The van der Waals surface area contributed by atoms with Crippen LogP contribution in [-0.4, -0.2) is 4.57 Å². The van der Waals surface area contributed by atoms with E-state index in [-0.39, 0.29) is 16.0 Å². The Hall–Kier alpha value is -2.12. The van der Waals surface area contributed by atoms with E-state index in [0.29, 0.717) is 11.4 Å². The zero-order chi connectivity index (χ0) is 13.3. The predicted molar refractivity (Wildman–Crippen MR) is 66.5 cm³/mol. The minimum Gasteiger partial charge on any atom is -0.320 e. The summed E-state index contributed by atoms with van der Waals surface area (Å²) in [5.41, 5.74) is 0.928. The third-order valence-electron chi connectivity index (χ3n) is 2.55. The predicted octanol–water partition coefficient (Wildman–Crippen LogP) is 2.81. The van der Waals surface area contributed by atoms with Crippen LogP contribution in [0, 0.1) is 24.1 Å². The molecule has 0 aliphatic heterocycles. The lowest BCUT2D eigenvalue weighted by Gasteiger charge is -2.11. The highest BCUT2D eigenvalue weighted by Gasteiger charge is 2.07. The topological polar surface area (TPSA) is 45.8 Å². The van der Waals surface area contributed by atoms with Crippen LogP contribution < -0.4 is 5.43 Å². The van der Waals surface area contributed by atoms with E-state index in [9.17, 15) is 9.18 Å². The lowest BCUT2D eigenvalue weighted by Crippen LogP contribution is -2.12. The van der Waals surface area contributed by atoms with Crippen molar-refractivity contribution in [3.05, 3.63) is 62.8 Å². The van der Waals surface area contributed by atoms with Gasteiger partial charge in [0, 0.05) is 23.6 Å². The molecule has 0 aliphatic rings. The fourth-order valence-corrected chi connectivity index (χ4v) is 1.80. The van der Waals surface area contributed by atoms with Crippen molar-refractivity contribution in [2.75, 3.05) is 0 Å². The van der Waals surface area contributed by atoms with Crippen molar-refractivity contribution in [2.24, 2.45) is 0 Å². The zero-order valence-corrected chi connectivity index (χ0v) is 10.2. The molecule has 0 N–H and O–H groups in total. The molecule has 90 valence electrons. The second-order valence-corrected chi connectivity index (χ2v) is 4.18. The molecular formula is C13H8ClFN2O. The Balaban J connectivity index is 2.67. The molecule has 0 spiro atoms. The molecule has 0 fully saturated rings. The minimum absolute atomic E-state index is 0.0101. The quantitative estimate of drug-likeness (QED) is 0.793. The Morgan fingerprint density at radius 3 is 2.72 bits per heavy atom. The molecule has 0 bridgehead atoms. The largest absolute Gasteiger partial charge is 0.320 e. The number of nitrogens with zero attached hydrogens (tertiary/aromatic N) is 2. The van der Waals surface area contributed by atoms with Crippen LogP contribution in [0.4, 0.5) is 4.39 Å². The molecule has 0 unspecified atom stereocenters. The van der Waals surface area contributed by atoms with Crippen LogP contribution >= 0.6 is 11.6 Å². The number of pyridine rings is 1. The van der Waals surface area contributed by atoms with E-state index >= 15 is 0 Å². The molecule has 0 saturated carbocycles. The van der Waals surface area contributed by atoms with Crippen LogP contribution in [0.15, 0.2) is 35.3 Å². The van der Waals surface area contributed by atoms with Crippen molar-refractivity contribution in [1.29, 1.82) is 5.26 Å². The molecule has 0 radical (unpaired) electrons. The number of hydrogen-bond acceptors (Lipinski definition) is 2. The Labute approximate surface area is 108 Å². The molecule has 0 aliphatic carbocycles. The van der Waals surface area contributed by atoms with Crippen LogP contribution in [0.5, 0.6) is 0 Å².